The summed E-state index contributed by atoms with van der Waals surface area (Å²) in [6.45, 7) is 2.46. The maximum Gasteiger partial charge on any atom is 0.0623 e. The number of aromatic nitrogens is 1. The number of benzene rings is 11. The van der Waals surface area contributed by atoms with Crippen LogP contribution in [0.2, 0.25) is 0 Å². The number of hydrogen-bond donors (Lipinski definition) is 0. The van der Waals surface area contributed by atoms with Crippen LogP contribution in [0.25, 0.3) is 94.3 Å². The first kappa shape index (κ1) is 40.1. The lowest BCUT2D eigenvalue weighted by Crippen LogP contribution is -2.22. The van der Waals surface area contributed by atoms with Gasteiger partial charge in [0, 0.05) is 44.3 Å². The normalized spacial score (nSPS) is 14.1. The van der Waals surface area contributed by atoms with Crippen molar-refractivity contribution in [1.29, 1.82) is 0 Å². The van der Waals surface area contributed by atoms with Gasteiger partial charge in [0.15, 0.2) is 0 Å². The third-order valence-corrected chi connectivity index (χ3v) is 15.2. The summed E-state index contributed by atoms with van der Waals surface area (Å²) < 4.78 is 2.57. The third-order valence-electron chi connectivity index (χ3n) is 15.2. The van der Waals surface area contributed by atoms with E-state index >= 15 is 0 Å². The average Bonchev–Trinajstić information content (AvgIpc) is 3.86. The fraction of sp³-hybridized carbons (Fsp3) is 0.0294. The molecule has 1 aromatic heterocycles. The third kappa shape index (κ3) is 6.00. The van der Waals surface area contributed by atoms with Crippen molar-refractivity contribution in [3.8, 4) is 72.4 Å². The molecule has 2 heterocycles. The van der Waals surface area contributed by atoms with Crippen LogP contribution >= 0.6 is 0 Å². The van der Waals surface area contributed by atoms with E-state index in [-0.39, 0.29) is 0 Å². The summed E-state index contributed by atoms with van der Waals surface area (Å²) in [6, 6.07) is 96.3. The highest BCUT2D eigenvalue weighted by Gasteiger charge is 2.45. The zero-order valence-corrected chi connectivity index (χ0v) is 38.7. The van der Waals surface area contributed by atoms with Gasteiger partial charge in [-0.25, -0.2) is 0 Å². The van der Waals surface area contributed by atoms with E-state index in [4.69, 9.17) is 0 Å². The Bertz CT molecular complexity index is 4000. The second-order valence-corrected chi connectivity index (χ2v) is 18.9. The number of anilines is 3. The lowest BCUT2D eigenvalue weighted by Gasteiger charge is -2.30. The minimum absolute atomic E-state index is 0.434. The van der Waals surface area contributed by atoms with Gasteiger partial charge in [-0.2, -0.15) is 0 Å². The SMILES string of the molecule is CC1(c2cccc(-c3ccccc3)c2)c2ccc(-c3cccc(N(c4ccccc4)c4ccc(-c5ccccc5)cc4-c4ccccc4)c3)c3c2-c2c1ccc1c4ccccc4n(c21)-c1ccccc1-3. The number of nitrogens with zero attached hydrogens (tertiary/aromatic N) is 2. The highest BCUT2D eigenvalue weighted by Crippen LogP contribution is 2.62. The Labute approximate surface area is 408 Å². The number of rotatable bonds is 8. The first-order valence-corrected chi connectivity index (χ1v) is 24.3. The van der Waals surface area contributed by atoms with Crippen molar-refractivity contribution in [2.24, 2.45) is 0 Å². The highest BCUT2D eigenvalue weighted by molar-refractivity contribution is 6.20. The van der Waals surface area contributed by atoms with Crippen LogP contribution in [-0.4, -0.2) is 4.57 Å². The van der Waals surface area contributed by atoms with Crippen molar-refractivity contribution in [3.05, 3.63) is 278 Å². The van der Waals surface area contributed by atoms with Crippen LogP contribution in [0.4, 0.5) is 17.1 Å². The summed E-state index contributed by atoms with van der Waals surface area (Å²) in [5.41, 5.74) is 25.2. The molecule has 2 heteroatoms. The maximum absolute atomic E-state index is 2.57. The molecule has 0 saturated heterocycles. The van der Waals surface area contributed by atoms with Crippen molar-refractivity contribution < 1.29 is 0 Å². The Balaban J connectivity index is 1.03. The highest BCUT2D eigenvalue weighted by atomic mass is 15.1. The summed E-state index contributed by atoms with van der Waals surface area (Å²) in [5, 5.41) is 2.56. The summed E-state index contributed by atoms with van der Waals surface area (Å²) in [6.07, 6.45) is 0. The van der Waals surface area contributed by atoms with Crippen molar-refractivity contribution >= 4 is 38.9 Å². The smallest absolute Gasteiger partial charge is 0.0623 e. The molecule has 11 aromatic carbocycles. The van der Waals surface area contributed by atoms with Gasteiger partial charge in [-0.05, 0) is 128 Å². The van der Waals surface area contributed by atoms with Crippen LogP contribution in [0.3, 0.4) is 0 Å². The molecule has 0 spiro atoms. The van der Waals surface area contributed by atoms with E-state index in [0.29, 0.717) is 0 Å². The van der Waals surface area contributed by atoms with Crippen LogP contribution in [0.15, 0.2) is 261 Å². The van der Waals surface area contributed by atoms with Crippen LogP contribution < -0.4 is 4.90 Å². The molecular formula is C68H46N2. The molecule has 0 amide bonds. The van der Waals surface area contributed by atoms with Gasteiger partial charge in [-0.15, -0.1) is 0 Å². The zero-order valence-electron chi connectivity index (χ0n) is 38.7. The van der Waals surface area contributed by atoms with E-state index in [1.807, 2.05) is 0 Å². The fourth-order valence-electron chi connectivity index (χ4n) is 12.0. The summed E-state index contributed by atoms with van der Waals surface area (Å²) in [7, 11) is 0. The molecule has 2 nitrogen and oxygen atoms in total. The molecule has 2 aliphatic rings. The minimum Gasteiger partial charge on any atom is -0.310 e. The van der Waals surface area contributed by atoms with Crippen LogP contribution in [0, 0.1) is 0 Å². The van der Waals surface area contributed by atoms with Gasteiger partial charge in [-0.3, -0.25) is 0 Å². The van der Waals surface area contributed by atoms with Crippen molar-refractivity contribution in [2.45, 2.75) is 12.3 Å². The largest absolute Gasteiger partial charge is 0.310 e. The van der Waals surface area contributed by atoms with E-state index in [1.54, 1.807) is 0 Å². The first-order valence-electron chi connectivity index (χ1n) is 24.3. The molecule has 0 radical (unpaired) electrons. The van der Waals surface area contributed by atoms with E-state index < -0.39 is 5.41 Å². The molecule has 1 unspecified atom stereocenters. The Morgan fingerprint density at radius 2 is 0.929 bits per heavy atom. The molecule has 0 bridgehead atoms. The monoisotopic (exact) mass is 890 g/mol. The first-order chi connectivity index (χ1) is 34.6. The standard InChI is InChI=1S/C68H46N2/c1-68(51-28-18-26-48(42-51)45-20-6-2-7-21-45)59-39-37-54(64-57-33-15-17-35-62(57)70-61-34-16-14-32-55(61)56-38-40-60(68)66(65(59)64)67(56)70)50-27-19-31-53(43-50)69(52-29-12-5-13-30-52)63-41-36-49(46-22-8-3-9-23-46)44-58(63)47-24-10-4-11-25-47/h2-44H,1H3. The molecule has 0 saturated carbocycles. The van der Waals surface area contributed by atoms with Crippen molar-refractivity contribution in [1.82, 2.24) is 4.57 Å². The molecule has 1 atom stereocenters. The van der Waals surface area contributed by atoms with Gasteiger partial charge < -0.3 is 9.47 Å². The second-order valence-electron chi connectivity index (χ2n) is 18.9. The Morgan fingerprint density at radius 3 is 1.70 bits per heavy atom. The van der Waals surface area contributed by atoms with Gasteiger partial charge in [-0.1, -0.05) is 206 Å². The van der Waals surface area contributed by atoms with Crippen LogP contribution in [0.1, 0.15) is 23.6 Å². The average molecular weight is 891 g/mol. The second kappa shape index (κ2) is 15.8. The van der Waals surface area contributed by atoms with Gasteiger partial charge in [0.1, 0.15) is 0 Å². The number of fused-ring (bicyclic) bond motifs is 6. The Hall–Kier alpha value is -8.98. The number of hydrogen-bond acceptors (Lipinski definition) is 1. The molecule has 328 valence electrons. The Morgan fingerprint density at radius 1 is 0.343 bits per heavy atom. The predicted molar refractivity (Wildman–Crippen MR) is 294 cm³/mol. The predicted octanol–water partition coefficient (Wildman–Crippen LogP) is 18.2. The maximum atomic E-state index is 2.57. The summed E-state index contributed by atoms with van der Waals surface area (Å²) in [5.74, 6) is 0. The van der Waals surface area contributed by atoms with E-state index in [0.717, 1.165) is 22.6 Å². The Kier molecular flexibility index (Phi) is 9.06. The van der Waals surface area contributed by atoms with Crippen LogP contribution in [-0.2, 0) is 5.41 Å². The fourth-order valence-corrected chi connectivity index (χ4v) is 12.0. The van der Waals surface area contributed by atoms with Crippen molar-refractivity contribution in [3.63, 3.8) is 0 Å². The zero-order chi connectivity index (χ0) is 46.3. The molecule has 0 N–H and O–H groups in total. The molecule has 14 rings (SSSR count). The lowest BCUT2D eigenvalue weighted by molar-refractivity contribution is 0.714. The van der Waals surface area contributed by atoms with Crippen LogP contribution in [0.5, 0.6) is 0 Å². The van der Waals surface area contributed by atoms with Crippen molar-refractivity contribution in [2.75, 3.05) is 4.90 Å². The molecule has 1 aliphatic heterocycles. The van der Waals surface area contributed by atoms with Gasteiger partial charge >= 0.3 is 0 Å². The summed E-state index contributed by atoms with van der Waals surface area (Å²) in [4.78, 5) is 2.44. The molecule has 1 aliphatic carbocycles. The van der Waals surface area contributed by atoms with Gasteiger partial charge in [0.2, 0.25) is 0 Å². The minimum atomic E-state index is -0.434. The molecule has 70 heavy (non-hydrogen) atoms. The van der Waals surface area contributed by atoms with E-state index in [9.17, 15) is 0 Å². The quantitative estimate of drug-likeness (QED) is 0.148. The van der Waals surface area contributed by atoms with E-state index in [1.165, 1.54) is 105 Å². The topological polar surface area (TPSA) is 8.17 Å². The lowest BCUT2D eigenvalue weighted by atomic mass is 9.73. The van der Waals surface area contributed by atoms with Gasteiger partial charge in [0.25, 0.3) is 0 Å². The number of para-hydroxylation sites is 3. The van der Waals surface area contributed by atoms with E-state index in [2.05, 4.69) is 277 Å². The molecule has 0 fully saturated rings. The molecular weight excluding hydrogens is 845 g/mol. The van der Waals surface area contributed by atoms with Gasteiger partial charge in [0.05, 0.1) is 22.4 Å². The summed E-state index contributed by atoms with van der Waals surface area (Å²) >= 11 is 0. The molecule has 12 aromatic rings.